The molecule has 0 radical (unpaired) electrons. The van der Waals surface area contributed by atoms with Gasteiger partial charge in [-0.2, -0.15) is 0 Å². The molecule has 0 bridgehead atoms. The van der Waals surface area contributed by atoms with E-state index in [0.717, 1.165) is 12.2 Å². The van der Waals surface area contributed by atoms with Crippen LogP contribution in [-0.4, -0.2) is 80.0 Å². The number of nitrogens with zero attached hydrogens (tertiary/aromatic N) is 4. The molecule has 1 aliphatic heterocycles. The molecule has 0 atom stereocenters. The summed E-state index contributed by atoms with van der Waals surface area (Å²) in [4.78, 5) is 35.1. The van der Waals surface area contributed by atoms with Crippen LogP contribution >= 0.6 is 0 Å². The van der Waals surface area contributed by atoms with Crippen molar-refractivity contribution in [3.8, 4) is 0 Å². The number of amides is 2. The minimum Gasteiger partial charge on any atom is -0.368 e. The maximum absolute atomic E-state index is 13.1. The van der Waals surface area contributed by atoms with Crippen molar-refractivity contribution in [2.24, 2.45) is 0 Å². The minimum absolute atomic E-state index is 0.117. The highest BCUT2D eigenvalue weighted by Crippen LogP contribution is 2.18. The summed E-state index contributed by atoms with van der Waals surface area (Å²) >= 11 is 0. The van der Waals surface area contributed by atoms with Crippen LogP contribution in [0.3, 0.4) is 0 Å². The van der Waals surface area contributed by atoms with E-state index in [-0.39, 0.29) is 23.3 Å². The number of piperazine rings is 1. The molecule has 1 aliphatic rings. The van der Waals surface area contributed by atoms with Crippen LogP contribution < -0.4 is 10.2 Å². The molecule has 0 unspecified atom stereocenters. The normalized spacial score (nSPS) is 14.2. The quantitative estimate of drug-likeness (QED) is 0.797. The number of likely N-dealkylation sites (N-methyl/N-ethyl adjacent to an activating group) is 1. The summed E-state index contributed by atoms with van der Waals surface area (Å²) in [5.41, 5.74) is 1.63. The summed E-state index contributed by atoms with van der Waals surface area (Å²) in [5.74, 6) is -0.669. The zero-order valence-corrected chi connectivity index (χ0v) is 16.8. The molecule has 2 aromatic rings. The van der Waals surface area contributed by atoms with Crippen molar-refractivity contribution < 1.29 is 14.0 Å². The van der Waals surface area contributed by atoms with E-state index in [1.54, 1.807) is 29.2 Å². The van der Waals surface area contributed by atoms with E-state index in [1.807, 2.05) is 19.0 Å². The Labute approximate surface area is 170 Å². The number of carbonyl (C=O) groups is 2. The summed E-state index contributed by atoms with van der Waals surface area (Å²) in [6.45, 7) is 3.69. The topological polar surface area (TPSA) is 68.8 Å². The predicted molar refractivity (Wildman–Crippen MR) is 110 cm³/mol. The number of carbonyl (C=O) groups excluding carboxylic acids is 2. The Hall–Kier alpha value is -3.00. The standard InChI is InChI=1S/C21H26FN5O2/c1-25(2)10-9-24-20(28)19-15-16(7-8-23-19)21(29)27-13-11-26(12-14-27)18-5-3-17(22)4-6-18/h3-8,15H,9-14H2,1-2H3,(H,24,28). The van der Waals surface area contributed by atoms with E-state index in [1.165, 1.54) is 18.3 Å². The third-order valence-corrected chi connectivity index (χ3v) is 4.84. The van der Waals surface area contributed by atoms with E-state index in [9.17, 15) is 14.0 Å². The molecule has 2 amide bonds. The van der Waals surface area contributed by atoms with Crippen LogP contribution in [0.1, 0.15) is 20.8 Å². The molecular weight excluding hydrogens is 373 g/mol. The second-order valence-electron chi connectivity index (χ2n) is 7.24. The lowest BCUT2D eigenvalue weighted by atomic mass is 10.1. The summed E-state index contributed by atoms with van der Waals surface area (Å²) < 4.78 is 13.1. The van der Waals surface area contributed by atoms with Gasteiger partial charge in [0.15, 0.2) is 0 Å². The van der Waals surface area contributed by atoms with Gasteiger partial charge in [0.1, 0.15) is 11.5 Å². The largest absolute Gasteiger partial charge is 0.368 e. The fourth-order valence-corrected chi connectivity index (χ4v) is 3.17. The van der Waals surface area contributed by atoms with E-state index in [4.69, 9.17) is 0 Å². The van der Waals surface area contributed by atoms with Crippen molar-refractivity contribution in [2.45, 2.75) is 0 Å². The molecule has 1 aromatic carbocycles. The zero-order chi connectivity index (χ0) is 20.8. The summed E-state index contributed by atoms with van der Waals surface area (Å²) in [6.07, 6.45) is 1.49. The second-order valence-corrected chi connectivity index (χ2v) is 7.24. The maximum atomic E-state index is 13.1. The average molecular weight is 399 g/mol. The Morgan fingerprint density at radius 2 is 1.79 bits per heavy atom. The lowest BCUT2D eigenvalue weighted by Gasteiger charge is -2.36. The van der Waals surface area contributed by atoms with Crippen molar-refractivity contribution in [3.05, 3.63) is 59.7 Å². The predicted octanol–water partition coefficient (Wildman–Crippen LogP) is 1.47. The molecule has 1 fully saturated rings. The fourth-order valence-electron chi connectivity index (χ4n) is 3.17. The first kappa shape index (κ1) is 20.7. The Bertz CT molecular complexity index is 848. The summed E-state index contributed by atoms with van der Waals surface area (Å²) in [7, 11) is 3.86. The SMILES string of the molecule is CN(C)CCNC(=O)c1cc(C(=O)N2CCN(c3ccc(F)cc3)CC2)ccn1. The summed E-state index contributed by atoms with van der Waals surface area (Å²) in [5, 5.41) is 2.80. The van der Waals surface area contributed by atoms with E-state index in [0.29, 0.717) is 38.3 Å². The Morgan fingerprint density at radius 1 is 1.10 bits per heavy atom. The Kier molecular flexibility index (Phi) is 6.77. The molecule has 29 heavy (non-hydrogen) atoms. The van der Waals surface area contributed by atoms with Crippen molar-refractivity contribution in [3.63, 3.8) is 0 Å². The van der Waals surface area contributed by atoms with Gasteiger partial charge in [0, 0.05) is 56.7 Å². The van der Waals surface area contributed by atoms with Crippen molar-refractivity contribution in [2.75, 3.05) is 58.3 Å². The third-order valence-electron chi connectivity index (χ3n) is 4.84. The van der Waals surface area contributed by atoms with Gasteiger partial charge in [-0.25, -0.2) is 4.39 Å². The number of anilines is 1. The molecular formula is C21H26FN5O2. The number of halogens is 1. The number of rotatable bonds is 6. The highest BCUT2D eigenvalue weighted by molar-refractivity contribution is 5.98. The maximum Gasteiger partial charge on any atom is 0.269 e. The highest BCUT2D eigenvalue weighted by atomic mass is 19.1. The van der Waals surface area contributed by atoms with Crippen LogP contribution in [0.2, 0.25) is 0 Å². The van der Waals surface area contributed by atoms with Crippen molar-refractivity contribution >= 4 is 17.5 Å². The molecule has 2 heterocycles. The van der Waals surface area contributed by atoms with E-state index >= 15 is 0 Å². The second kappa shape index (κ2) is 9.47. The van der Waals surface area contributed by atoms with Crippen molar-refractivity contribution in [1.82, 2.24) is 20.1 Å². The molecule has 1 N–H and O–H groups in total. The van der Waals surface area contributed by atoms with Crippen LogP contribution in [0.15, 0.2) is 42.6 Å². The molecule has 1 aromatic heterocycles. The van der Waals surface area contributed by atoms with Gasteiger partial charge >= 0.3 is 0 Å². The van der Waals surface area contributed by atoms with Gasteiger partial charge in [0.25, 0.3) is 11.8 Å². The average Bonchev–Trinajstić information content (AvgIpc) is 2.73. The van der Waals surface area contributed by atoms with Gasteiger partial charge in [0.05, 0.1) is 0 Å². The van der Waals surface area contributed by atoms with Gasteiger partial charge in [-0.05, 0) is 50.5 Å². The van der Waals surface area contributed by atoms with Crippen LogP contribution in [-0.2, 0) is 0 Å². The van der Waals surface area contributed by atoms with Gasteiger partial charge in [-0.1, -0.05) is 0 Å². The van der Waals surface area contributed by atoms with Gasteiger partial charge in [0.2, 0.25) is 0 Å². The van der Waals surface area contributed by atoms with Crippen molar-refractivity contribution in [1.29, 1.82) is 0 Å². The minimum atomic E-state index is -0.289. The molecule has 1 saturated heterocycles. The first-order chi connectivity index (χ1) is 13.9. The lowest BCUT2D eigenvalue weighted by molar-refractivity contribution is 0.0746. The Balaban J connectivity index is 1.58. The van der Waals surface area contributed by atoms with Crippen LogP contribution in [0, 0.1) is 5.82 Å². The zero-order valence-electron chi connectivity index (χ0n) is 16.8. The number of hydrogen-bond acceptors (Lipinski definition) is 5. The van der Waals surface area contributed by atoms with Crippen LogP contribution in [0.4, 0.5) is 10.1 Å². The third kappa shape index (κ3) is 5.51. The number of nitrogens with one attached hydrogen (secondary N) is 1. The highest BCUT2D eigenvalue weighted by Gasteiger charge is 2.23. The monoisotopic (exact) mass is 399 g/mol. The summed E-state index contributed by atoms with van der Waals surface area (Å²) in [6, 6.07) is 9.54. The molecule has 154 valence electrons. The number of benzene rings is 1. The first-order valence-corrected chi connectivity index (χ1v) is 9.63. The molecule has 0 saturated carbocycles. The number of hydrogen-bond donors (Lipinski definition) is 1. The number of pyridine rings is 1. The van der Waals surface area contributed by atoms with Crippen LogP contribution in [0.5, 0.6) is 0 Å². The van der Waals surface area contributed by atoms with Gasteiger partial charge < -0.3 is 20.0 Å². The van der Waals surface area contributed by atoms with E-state index in [2.05, 4.69) is 15.2 Å². The first-order valence-electron chi connectivity index (χ1n) is 9.63. The molecule has 7 nitrogen and oxygen atoms in total. The molecule has 0 spiro atoms. The molecule has 3 rings (SSSR count). The van der Waals surface area contributed by atoms with Crippen LogP contribution in [0.25, 0.3) is 0 Å². The van der Waals surface area contributed by atoms with E-state index < -0.39 is 0 Å². The lowest BCUT2D eigenvalue weighted by Crippen LogP contribution is -2.48. The molecule has 0 aliphatic carbocycles. The number of aromatic nitrogens is 1. The van der Waals surface area contributed by atoms with Gasteiger partial charge in [-0.3, -0.25) is 14.6 Å². The van der Waals surface area contributed by atoms with Gasteiger partial charge in [-0.15, -0.1) is 0 Å². The Morgan fingerprint density at radius 3 is 2.45 bits per heavy atom. The molecule has 8 heteroatoms. The fraction of sp³-hybridized carbons (Fsp3) is 0.381. The smallest absolute Gasteiger partial charge is 0.269 e.